The molecule has 3 aromatic rings. The van der Waals surface area contributed by atoms with Crippen molar-refractivity contribution in [1.82, 2.24) is 14.5 Å². The molecule has 0 aliphatic rings. The highest BCUT2D eigenvalue weighted by Gasteiger charge is 2.23. The second-order valence-electron chi connectivity index (χ2n) is 6.21. The number of aromatic nitrogens is 3. The number of amides is 1. The summed E-state index contributed by atoms with van der Waals surface area (Å²) in [5.74, 6) is 0.381. The first-order valence-electron chi connectivity index (χ1n) is 8.70. The Morgan fingerprint density at radius 1 is 1.31 bits per heavy atom. The van der Waals surface area contributed by atoms with Crippen LogP contribution in [0.2, 0.25) is 0 Å². The molecule has 26 heavy (non-hydrogen) atoms. The molecule has 0 unspecified atom stereocenters. The molecule has 0 radical (unpaired) electrons. The quantitative estimate of drug-likeness (QED) is 0.685. The van der Waals surface area contributed by atoms with Gasteiger partial charge in [0.25, 0.3) is 5.91 Å². The summed E-state index contributed by atoms with van der Waals surface area (Å²) in [4.78, 5) is 19.4. The van der Waals surface area contributed by atoms with Crippen LogP contribution in [0.25, 0.3) is 11.1 Å². The van der Waals surface area contributed by atoms with Crippen molar-refractivity contribution in [2.24, 2.45) is 5.73 Å². The molecule has 6 nitrogen and oxygen atoms in total. The molecule has 1 aromatic carbocycles. The highest BCUT2D eigenvalue weighted by molar-refractivity contribution is 6.02. The number of hydrogen-bond acceptors (Lipinski definition) is 3. The van der Waals surface area contributed by atoms with E-state index in [0.29, 0.717) is 5.56 Å². The van der Waals surface area contributed by atoms with Crippen molar-refractivity contribution in [3.8, 4) is 16.9 Å². The normalized spacial score (nSPS) is 10.9. The van der Waals surface area contributed by atoms with Crippen molar-refractivity contribution in [2.45, 2.75) is 33.2 Å². The van der Waals surface area contributed by atoms with Gasteiger partial charge in [-0.05, 0) is 31.0 Å². The van der Waals surface area contributed by atoms with Crippen LogP contribution in [0.4, 0.5) is 0 Å². The lowest BCUT2D eigenvalue weighted by atomic mass is 9.98. The topological polar surface area (TPSA) is 85.9 Å². The molecule has 6 heteroatoms. The molecule has 136 valence electrons. The molecule has 0 aliphatic carbocycles. The van der Waals surface area contributed by atoms with Gasteiger partial charge in [-0.15, -0.1) is 0 Å². The summed E-state index contributed by atoms with van der Waals surface area (Å²) >= 11 is 0. The minimum absolute atomic E-state index is 0.400. The van der Waals surface area contributed by atoms with Crippen LogP contribution in [0.1, 0.15) is 34.4 Å². The second kappa shape index (κ2) is 7.47. The van der Waals surface area contributed by atoms with E-state index in [4.69, 9.17) is 10.5 Å². The summed E-state index contributed by atoms with van der Waals surface area (Å²) in [5, 5.41) is 0. The number of carbonyl (C=O) groups excluding carboxylic acids is 1. The Morgan fingerprint density at radius 2 is 2.04 bits per heavy atom. The minimum atomic E-state index is -0.400. The second-order valence-corrected chi connectivity index (χ2v) is 6.21. The van der Waals surface area contributed by atoms with Crippen molar-refractivity contribution in [3.63, 3.8) is 0 Å². The number of nitrogens with zero attached hydrogens (tertiary/aromatic N) is 2. The average molecular weight is 352 g/mol. The molecule has 0 spiro atoms. The van der Waals surface area contributed by atoms with Crippen molar-refractivity contribution in [2.75, 3.05) is 7.11 Å². The number of benzene rings is 1. The van der Waals surface area contributed by atoms with Gasteiger partial charge in [0.2, 0.25) is 0 Å². The maximum Gasteiger partial charge on any atom is 0.251 e. The number of aryl methyl sites for hydroxylation is 1. The highest BCUT2D eigenvalue weighted by atomic mass is 16.5. The Labute approximate surface area is 153 Å². The zero-order valence-electron chi connectivity index (χ0n) is 15.4. The van der Waals surface area contributed by atoms with Gasteiger partial charge in [-0.25, -0.2) is 4.98 Å². The van der Waals surface area contributed by atoms with Gasteiger partial charge in [-0.3, -0.25) is 4.79 Å². The maximum absolute atomic E-state index is 12.2. The van der Waals surface area contributed by atoms with E-state index in [-0.39, 0.29) is 0 Å². The van der Waals surface area contributed by atoms with E-state index >= 15 is 0 Å². The zero-order chi connectivity index (χ0) is 18.7. The fraction of sp³-hybridized carbons (Fsp3) is 0.300. The molecule has 0 fully saturated rings. The van der Waals surface area contributed by atoms with Gasteiger partial charge in [0, 0.05) is 41.8 Å². The predicted octanol–water partition coefficient (Wildman–Crippen LogP) is 3.10. The zero-order valence-corrected chi connectivity index (χ0v) is 15.4. The number of primary amides is 1. The van der Waals surface area contributed by atoms with Crippen molar-refractivity contribution in [1.29, 1.82) is 0 Å². The number of rotatable bonds is 7. The number of hydrogen-bond donors (Lipinski definition) is 2. The fourth-order valence-corrected chi connectivity index (χ4v) is 3.49. The third-order valence-corrected chi connectivity index (χ3v) is 4.75. The summed E-state index contributed by atoms with van der Waals surface area (Å²) < 4.78 is 7.44. The summed E-state index contributed by atoms with van der Waals surface area (Å²) in [6.45, 7) is 4.81. The first-order chi connectivity index (χ1) is 12.6. The number of nitrogens with two attached hydrogens (primary N) is 1. The van der Waals surface area contributed by atoms with Crippen molar-refractivity contribution < 1.29 is 9.53 Å². The van der Waals surface area contributed by atoms with Gasteiger partial charge in [0.15, 0.2) is 0 Å². The molecule has 0 atom stereocenters. The third kappa shape index (κ3) is 3.22. The van der Waals surface area contributed by atoms with E-state index in [1.54, 1.807) is 13.4 Å². The monoisotopic (exact) mass is 352 g/mol. The van der Waals surface area contributed by atoms with E-state index in [1.807, 2.05) is 37.4 Å². The summed E-state index contributed by atoms with van der Waals surface area (Å²) in [6.07, 6.45) is 5.11. The molecule has 0 bridgehead atoms. The number of aromatic amines is 1. The molecule has 3 N–H and O–H groups in total. The van der Waals surface area contributed by atoms with Gasteiger partial charge in [-0.2, -0.15) is 0 Å². The van der Waals surface area contributed by atoms with Gasteiger partial charge in [0.1, 0.15) is 5.75 Å². The van der Waals surface area contributed by atoms with E-state index < -0.39 is 5.91 Å². The number of imidazole rings is 1. The Hall–Kier alpha value is -3.02. The summed E-state index contributed by atoms with van der Waals surface area (Å²) in [6, 6.07) is 7.74. The molecule has 3 rings (SSSR count). The molecule has 0 saturated heterocycles. The Balaban J connectivity index is 2.09. The van der Waals surface area contributed by atoms with E-state index in [0.717, 1.165) is 53.3 Å². The first kappa shape index (κ1) is 17.8. The van der Waals surface area contributed by atoms with Crippen molar-refractivity contribution in [3.05, 3.63) is 59.4 Å². The fourth-order valence-electron chi connectivity index (χ4n) is 3.49. The number of ether oxygens (including phenoxy) is 1. The smallest absolute Gasteiger partial charge is 0.251 e. The number of methoxy groups -OCH3 is 1. The Bertz CT molecular complexity index is 893. The number of H-pyrrole nitrogens is 1. The van der Waals surface area contributed by atoms with Gasteiger partial charge < -0.3 is 20.0 Å². The molecule has 0 saturated carbocycles. The van der Waals surface area contributed by atoms with Crippen LogP contribution in [0, 0.1) is 6.92 Å². The van der Waals surface area contributed by atoms with Gasteiger partial charge in [-0.1, -0.05) is 19.1 Å². The minimum Gasteiger partial charge on any atom is -0.497 e. The van der Waals surface area contributed by atoms with Gasteiger partial charge in [0.05, 0.1) is 19.0 Å². The van der Waals surface area contributed by atoms with Gasteiger partial charge >= 0.3 is 0 Å². The first-order valence-corrected chi connectivity index (χ1v) is 8.70. The van der Waals surface area contributed by atoms with E-state index in [9.17, 15) is 4.79 Å². The number of nitrogens with one attached hydrogen (secondary N) is 1. The van der Waals surface area contributed by atoms with Crippen LogP contribution in [0.3, 0.4) is 0 Å². The van der Waals surface area contributed by atoms with Crippen LogP contribution >= 0.6 is 0 Å². The van der Waals surface area contributed by atoms with Crippen molar-refractivity contribution >= 4 is 5.91 Å². The summed E-state index contributed by atoms with van der Waals surface area (Å²) in [7, 11) is 1.64. The number of carbonyl (C=O) groups is 1. The van der Waals surface area contributed by atoms with Crippen LogP contribution < -0.4 is 10.5 Å². The third-order valence-electron chi connectivity index (χ3n) is 4.75. The van der Waals surface area contributed by atoms with Crippen LogP contribution in [0.15, 0.2) is 36.8 Å². The maximum atomic E-state index is 12.2. The molecule has 2 aromatic heterocycles. The SMILES string of the molecule is CCc1c(-c2ccc(OC)cc2)c(C(N)=O)c(C)n1CCc1cnc[nH]1. The highest BCUT2D eigenvalue weighted by Crippen LogP contribution is 2.34. The molecule has 2 heterocycles. The molecule has 0 aliphatic heterocycles. The van der Waals surface area contributed by atoms with E-state index in [2.05, 4.69) is 21.5 Å². The van der Waals surface area contributed by atoms with Crippen LogP contribution in [-0.2, 0) is 19.4 Å². The predicted molar refractivity (Wildman–Crippen MR) is 101 cm³/mol. The van der Waals surface area contributed by atoms with Crippen LogP contribution in [-0.4, -0.2) is 27.6 Å². The summed E-state index contributed by atoms with van der Waals surface area (Å²) in [5.41, 5.74) is 11.3. The molecular formula is C20H24N4O2. The average Bonchev–Trinajstić information content (AvgIpc) is 3.25. The lowest BCUT2D eigenvalue weighted by molar-refractivity contribution is 0.1000. The standard InChI is InChI=1S/C20H24N4O2/c1-4-17-19(14-5-7-16(26-3)8-6-14)18(20(21)25)13(2)24(17)10-9-15-11-22-12-23-15/h5-8,11-12H,4,9-10H2,1-3H3,(H2,21,25)(H,22,23). The lowest BCUT2D eigenvalue weighted by Crippen LogP contribution is -2.14. The largest absolute Gasteiger partial charge is 0.497 e. The molecule has 1 amide bonds. The molecular weight excluding hydrogens is 328 g/mol. The Morgan fingerprint density at radius 3 is 2.58 bits per heavy atom. The Kier molecular flexibility index (Phi) is 5.11. The van der Waals surface area contributed by atoms with E-state index in [1.165, 1.54) is 0 Å². The van der Waals surface area contributed by atoms with Crippen LogP contribution in [0.5, 0.6) is 5.75 Å². The lowest BCUT2D eigenvalue weighted by Gasteiger charge is -2.11.